The lowest BCUT2D eigenvalue weighted by molar-refractivity contribution is -0.121. The fourth-order valence-electron chi connectivity index (χ4n) is 3.63. The molecule has 164 valence electrons. The first-order valence-electron chi connectivity index (χ1n) is 10.5. The topological polar surface area (TPSA) is 90.9 Å². The first kappa shape index (κ1) is 21.3. The molecule has 0 aliphatic heterocycles. The number of nitrogens with zero attached hydrogens (tertiary/aromatic N) is 4. The van der Waals surface area contributed by atoms with Crippen LogP contribution in [0, 0.1) is 6.92 Å². The lowest BCUT2D eigenvalue weighted by Gasteiger charge is -2.13. The highest BCUT2D eigenvalue weighted by molar-refractivity contribution is 5.76. The Morgan fingerprint density at radius 1 is 0.969 bits per heavy atom. The molecule has 0 radical (unpaired) electrons. The number of carbonyl (C=O) groups is 1. The van der Waals surface area contributed by atoms with Crippen LogP contribution in [0.1, 0.15) is 23.6 Å². The predicted molar refractivity (Wildman–Crippen MR) is 122 cm³/mol. The zero-order valence-corrected chi connectivity index (χ0v) is 18.1. The Hall–Kier alpha value is -3.94. The van der Waals surface area contributed by atoms with Crippen LogP contribution in [0.5, 0.6) is 0 Å². The number of benzene rings is 2. The maximum absolute atomic E-state index is 13.2. The van der Waals surface area contributed by atoms with E-state index < -0.39 is 17.2 Å². The van der Waals surface area contributed by atoms with Gasteiger partial charge in [-0.1, -0.05) is 60.2 Å². The van der Waals surface area contributed by atoms with Gasteiger partial charge in [0.05, 0.1) is 12.9 Å². The van der Waals surface area contributed by atoms with Crippen molar-refractivity contribution in [1.82, 2.24) is 24.0 Å². The molecule has 0 atom stereocenters. The van der Waals surface area contributed by atoms with Crippen LogP contribution in [0.2, 0.25) is 0 Å². The van der Waals surface area contributed by atoms with Gasteiger partial charge in [-0.15, -0.1) is 0 Å². The standard InChI is InChI=1S/C24H25N5O3/c1-3-27-16-26-22-21(27)23(31)29(24(32)28(22)14-19-7-5-4-6-8-19)15-20(30)25-13-18-11-9-17(2)10-12-18/h4-12,16H,3,13-15H2,1-2H3,(H,25,30). The summed E-state index contributed by atoms with van der Waals surface area (Å²) in [4.78, 5) is 43.3. The molecule has 0 saturated heterocycles. The van der Waals surface area contributed by atoms with E-state index in [1.807, 2.05) is 68.4 Å². The summed E-state index contributed by atoms with van der Waals surface area (Å²) in [5.41, 5.74) is 2.54. The molecule has 8 nitrogen and oxygen atoms in total. The van der Waals surface area contributed by atoms with E-state index in [0.717, 1.165) is 21.3 Å². The van der Waals surface area contributed by atoms with Crippen LogP contribution in [0.15, 0.2) is 70.5 Å². The number of imidazole rings is 1. The SMILES string of the molecule is CCn1cnc2c1c(=O)n(CC(=O)NCc1ccc(C)cc1)c(=O)n2Cc1ccccc1. The van der Waals surface area contributed by atoms with E-state index in [2.05, 4.69) is 10.3 Å². The Morgan fingerprint density at radius 3 is 2.38 bits per heavy atom. The lowest BCUT2D eigenvalue weighted by atomic mass is 10.1. The third-order valence-electron chi connectivity index (χ3n) is 5.42. The predicted octanol–water partition coefficient (Wildman–Crippen LogP) is 2.05. The van der Waals surface area contributed by atoms with E-state index in [1.165, 1.54) is 4.57 Å². The van der Waals surface area contributed by atoms with Crippen LogP contribution in [0.25, 0.3) is 11.2 Å². The first-order valence-corrected chi connectivity index (χ1v) is 10.5. The van der Waals surface area contributed by atoms with E-state index in [0.29, 0.717) is 24.3 Å². The van der Waals surface area contributed by atoms with Crippen LogP contribution in [-0.2, 0) is 31.0 Å². The highest BCUT2D eigenvalue weighted by atomic mass is 16.2. The third kappa shape index (κ3) is 4.25. The molecule has 32 heavy (non-hydrogen) atoms. The molecule has 1 N–H and O–H groups in total. The van der Waals surface area contributed by atoms with Gasteiger partial charge in [0.15, 0.2) is 11.2 Å². The number of hydrogen-bond acceptors (Lipinski definition) is 4. The van der Waals surface area contributed by atoms with Crippen molar-refractivity contribution in [2.24, 2.45) is 0 Å². The first-order chi connectivity index (χ1) is 15.5. The summed E-state index contributed by atoms with van der Waals surface area (Å²) < 4.78 is 4.13. The summed E-state index contributed by atoms with van der Waals surface area (Å²) in [6.07, 6.45) is 1.55. The normalized spacial score (nSPS) is 11.1. The number of aryl methyl sites for hydroxylation is 2. The molecule has 0 fully saturated rings. The molecule has 8 heteroatoms. The van der Waals surface area contributed by atoms with Crippen LogP contribution < -0.4 is 16.6 Å². The molecule has 2 aromatic carbocycles. The summed E-state index contributed by atoms with van der Waals surface area (Å²) in [6.45, 7) is 4.62. The smallest absolute Gasteiger partial charge is 0.333 e. The van der Waals surface area contributed by atoms with E-state index in [1.54, 1.807) is 10.9 Å². The number of fused-ring (bicyclic) bond motifs is 1. The molecule has 2 aromatic heterocycles. The maximum Gasteiger partial charge on any atom is 0.333 e. The molecular formula is C24H25N5O3. The highest BCUT2D eigenvalue weighted by Gasteiger charge is 2.19. The number of aromatic nitrogens is 4. The van der Waals surface area contributed by atoms with Gasteiger partial charge in [-0.25, -0.2) is 14.3 Å². The zero-order valence-electron chi connectivity index (χ0n) is 18.1. The van der Waals surface area contributed by atoms with Gasteiger partial charge >= 0.3 is 5.69 Å². The number of rotatable bonds is 7. The molecule has 0 saturated carbocycles. The van der Waals surface area contributed by atoms with Crippen molar-refractivity contribution in [2.75, 3.05) is 0 Å². The van der Waals surface area contributed by atoms with E-state index in [4.69, 9.17) is 0 Å². The van der Waals surface area contributed by atoms with Crippen LogP contribution >= 0.6 is 0 Å². The molecular weight excluding hydrogens is 406 g/mol. The van der Waals surface area contributed by atoms with Crippen molar-refractivity contribution < 1.29 is 4.79 Å². The van der Waals surface area contributed by atoms with Crippen molar-refractivity contribution in [2.45, 2.75) is 40.0 Å². The largest absolute Gasteiger partial charge is 0.350 e. The fraction of sp³-hybridized carbons (Fsp3) is 0.250. The molecule has 0 aliphatic rings. The summed E-state index contributed by atoms with van der Waals surface area (Å²) in [5, 5.41) is 2.79. The Labute approximate surface area is 184 Å². The van der Waals surface area contributed by atoms with Crippen molar-refractivity contribution in [3.05, 3.63) is 98.5 Å². The van der Waals surface area contributed by atoms with Gasteiger partial charge in [0, 0.05) is 13.1 Å². The number of hydrogen-bond donors (Lipinski definition) is 1. The van der Waals surface area contributed by atoms with Gasteiger partial charge in [0.25, 0.3) is 5.56 Å². The third-order valence-corrected chi connectivity index (χ3v) is 5.42. The Kier molecular flexibility index (Phi) is 6.02. The Morgan fingerprint density at radius 2 is 1.69 bits per heavy atom. The Balaban J connectivity index is 1.68. The molecule has 1 amide bonds. The van der Waals surface area contributed by atoms with Gasteiger partial charge in [0.2, 0.25) is 5.91 Å². The highest BCUT2D eigenvalue weighted by Crippen LogP contribution is 2.10. The second kappa shape index (κ2) is 9.05. The number of nitrogens with one attached hydrogen (secondary N) is 1. The molecule has 0 spiro atoms. The molecule has 0 aliphatic carbocycles. The molecule has 4 aromatic rings. The van der Waals surface area contributed by atoms with Crippen LogP contribution in [0.4, 0.5) is 0 Å². The average Bonchev–Trinajstić information content (AvgIpc) is 3.24. The van der Waals surface area contributed by atoms with Gasteiger partial charge in [-0.3, -0.25) is 14.2 Å². The minimum absolute atomic E-state index is 0.252. The summed E-state index contributed by atoms with van der Waals surface area (Å²) in [6, 6.07) is 17.3. The molecule has 4 rings (SSSR count). The summed E-state index contributed by atoms with van der Waals surface area (Å²) in [5.74, 6) is -0.405. The Bertz CT molecular complexity index is 1370. The summed E-state index contributed by atoms with van der Waals surface area (Å²) in [7, 11) is 0. The average molecular weight is 431 g/mol. The monoisotopic (exact) mass is 431 g/mol. The lowest BCUT2D eigenvalue weighted by Crippen LogP contribution is -2.44. The summed E-state index contributed by atoms with van der Waals surface area (Å²) >= 11 is 0. The van der Waals surface area contributed by atoms with Gasteiger partial charge in [0.1, 0.15) is 6.54 Å². The van der Waals surface area contributed by atoms with Crippen molar-refractivity contribution in [1.29, 1.82) is 0 Å². The van der Waals surface area contributed by atoms with E-state index in [9.17, 15) is 14.4 Å². The van der Waals surface area contributed by atoms with Gasteiger partial charge < -0.3 is 9.88 Å². The second-order valence-corrected chi connectivity index (χ2v) is 7.71. The number of amides is 1. The maximum atomic E-state index is 13.2. The van der Waals surface area contributed by atoms with Crippen LogP contribution in [-0.4, -0.2) is 24.6 Å². The second-order valence-electron chi connectivity index (χ2n) is 7.71. The van der Waals surface area contributed by atoms with Gasteiger partial charge in [-0.2, -0.15) is 0 Å². The van der Waals surface area contributed by atoms with E-state index >= 15 is 0 Å². The zero-order chi connectivity index (χ0) is 22.7. The van der Waals surface area contributed by atoms with Crippen molar-refractivity contribution in [3.63, 3.8) is 0 Å². The van der Waals surface area contributed by atoms with E-state index in [-0.39, 0.29) is 13.1 Å². The number of carbonyl (C=O) groups excluding carboxylic acids is 1. The molecule has 2 heterocycles. The van der Waals surface area contributed by atoms with Crippen molar-refractivity contribution in [3.8, 4) is 0 Å². The van der Waals surface area contributed by atoms with Crippen LogP contribution in [0.3, 0.4) is 0 Å². The fourth-order valence-corrected chi connectivity index (χ4v) is 3.63. The molecule has 0 bridgehead atoms. The molecule has 0 unspecified atom stereocenters. The minimum atomic E-state index is -0.557. The van der Waals surface area contributed by atoms with Gasteiger partial charge in [-0.05, 0) is 25.0 Å². The minimum Gasteiger partial charge on any atom is -0.350 e. The quantitative estimate of drug-likeness (QED) is 0.485. The van der Waals surface area contributed by atoms with Crippen molar-refractivity contribution >= 4 is 17.1 Å².